The summed E-state index contributed by atoms with van der Waals surface area (Å²) < 4.78 is 31.0. The van der Waals surface area contributed by atoms with Crippen LogP contribution in [-0.4, -0.2) is 53.5 Å². The Labute approximate surface area is 328 Å². The molecule has 1 amide bonds. The van der Waals surface area contributed by atoms with Gasteiger partial charge in [-0.3, -0.25) is 14.4 Å². The van der Waals surface area contributed by atoms with Gasteiger partial charge in [-0.05, 0) is 102 Å². The van der Waals surface area contributed by atoms with Crippen molar-refractivity contribution >= 4 is 46.6 Å². The molecule has 0 spiro atoms. The molecule has 4 aromatic rings. The molecule has 13 heteroatoms. The second-order valence-corrected chi connectivity index (χ2v) is 14.1. The van der Waals surface area contributed by atoms with E-state index in [9.17, 15) is 33.1 Å². The van der Waals surface area contributed by atoms with Gasteiger partial charge < -0.3 is 26.0 Å². The van der Waals surface area contributed by atoms with Gasteiger partial charge >= 0.3 is 5.97 Å². The summed E-state index contributed by atoms with van der Waals surface area (Å²) in [6.45, 7) is 2.00. The quantitative estimate of drug-likeness (QED) is 0.0949. The Morgan fingerprint density at radius 1 is 0.745 bits per heavy atom. The van der Waals surface area contributed by atoms with Gasteiger partial charge in [-0.2, -0.15) is 0 Å². The molecule has 2 aliphatic rings. The maximum absolute atomic E-state index is 13.5. The Balaban J connectivity index is 0.000000198. The van der Waals surface area contributed by atoms with Gasteiger partial charge in [-0.25, -0.2) is 13.6 Å². The molecule has 0 aliphatic heterocycles. The smallest absolute Gasteiger partial charge is 0.374 e. The largest absolute Gasteiger partial charge is 0.460 e. The topological polar surface area (TPSA) is 156 Å². The number of fused-ring (bicyclic) bond motifs is 2. The van der Waals surface area contributed by atoms with Gasteiger partial charge in [0.05, 0.1) is 22.7 Å². The van der Waals surface area contributed by atoms with Crippen LogP contribution >= 0.6 is 23.2 Å². The first-order valence-electron chi connectivity index (χ1n) is 17.9. The molecule has 4 aromatic carbocycles. The molecule has 0 saturated carbocycles. The number of carbonyl (C=O) groups is 4. The van der Waals surface area contributed by atoms with Crippen LogP contribution in [0.2, 0.25) is 10.0 Å². The van der Waals surface area contributed by atoms with Crippen LogP contribution in [0.15, 0.2) is 84.9 Å². The summed E-state index contributed by atoms with van der Waals surface area (Å²) in [5, 5.41) is 20.9. The zero-order chi connectivity index (χ0) is 40.1. The van der Waals surface area contributed by atoms with E-state index in [1.807, 2.05) is 36.4 Å². The van der Waals surface area contributed by atoms with Crippen molar-refractivity contribution in [3.8, 4) is 0 Å². The lowest BCUT2D eigenvalue weighted by Gasteiger charge is -2.21. The number of benzene rings is 4. The molecule has 0 aromatic heterocycles. The predicted molar refractivity (Wildman–Crippen MR) is 205 cm³/mol. The first-order valence-corrected chi connectivity index (χ1v) is 18.7. The van der Waals surface area contributed by atoms with E-state index in [1.54, 1.807) is 6.92 Å². The van der Waals surface area contributed by atoms with E-state index in [4.69, 9.17) is 34.0 Å². The number of rotatable bonds is 12. The van der Waals surface area contributed by atoms with Gasteiger partial charge in [0, 0.05) is 32.1 Å². The van der Waals surface area contributed by atoms with E-state index in [-0.39, 0.29) is 60.7 Å². The lowest BCUT2D eigenvalue weighted by molar-refractivity contribution is -0.153. The average Bonchev–Trinajstić information content (AvgIpc) is 3.68. The van der Waals surface area contributed by atoms with Crippen LogP contribution in [0.25, 0.3) is 0 Å². The van der Waals surface area contributed by atoms with Crippen LogP contribution in [-0.2, 0) is 49.6 Å². The van der Waals surface area contributed by atoms with Crippen LogP contribution in [0.4, 0.5) is 8.78 Å². The molecule has 5 N–H and O–H groups in total. The summed E-state index contributed by atoms with van der Waals surface area (Å²) in [5.41, 5.74) is 11.6. The monoisotopic (exact) mass is 796 g/mol. The number of hydrogen-bond donors (Lipinski definition) is 4. The summed E-state index contributed by atoms with van der Waals surface area (Å²) in [6, 6.07) is 23.9. The van der Waals surface area contributed by atoms with Crippen LogP contribution in [0.3, 0.4) is 0 Å². The summed E-state index contributed by atoms with van der Waals surface area (Å²) in [4.78, 5) is 46.9. The van der Waals surface area contributed by atoms with Crippen molar-refractivity contribution < 1.29 is 42.9 Å². The number of hydrogen-bond acceptors (Lipinski definition) is 8. The molecule has 6 rings (SSSR count). The van der Waals surface area contributed by atoms with Crippen LogP contribution in [0, 0.1) is 23.5 Å². The Bertz CT molecular complexity index is 1980. The fraction of sp³-hybridized carbons (Fsp3) is 0.333. The predicted octanol–water partition coefficient (Wildman–Crippen LogP) is 6.40. The maximum atomic E-state index is 13.5. The molecule has 0 heterocycles. The van der Waals surface area contributed by atoms with E-state index >= 15 is 0 Å². The van der Waals surface area contributed by atoms with Crippen molar-refractivity contribution in [3.05, 3.63) is 140 Å². The molecule has 55 heavy (non-hydrogen) atoms. The molecular formula is C42H44Cl2F2N2O7. The first kappa shape index (κ1) is 43.2. The van der Waals surface area contributed by atoms with Crippen LogP contribution in [0.1, 0.15) is 65.2 Å². The zero-order valence-electron chi connectivity index (χ0n) is 30.3. The number of carbonyl (C=O) groups excluding carboxylic acids is 4. The highest BCUT2D eigenvalue weighted by atomic mass is 35.5. The second kappa shape index (κ2) is 21.0. The minimum Gasteiger partial charge on any atom is -0.460 e. The highest BCUT2D eigenvalue weighted by molar-refractivity contribution is 6.36. The van der Waals surface area contributed by atoms with Gasteiger partial charge in [0.15, 0.2) is 0 Å². The lowest BCUT2D eigenvalue weighted by Crippen LogP contribution is -2.37. The second-order valence-electron chi connectivity index (χ2n) is 13.2. The maximum Gasteiger partial charge on any atom is 0.374 e. The summed E-state index contributed by atoms with van der Waals surface area (Å²) in [6.07, 6.45) is 2.74. The van der Waals surface area contributed by atoms with Crippen molar-refractivity contribution in [2.75, 3.05) is 19.8 Å². The Hall–Kier alpha value is -4.52. The molecule has 0 saturated heterocycles. The fourth-order valence-corrected chi connectivity index (χ4v) is 6.95. The van der Waals surface area contributed by atoms with Crippen LogP contribution < -0.4 is 11.1 Å². The number of aliphatic hydroxyl groups excluding tert-OH is 2. The summed E-state index contributed by atoms with van der Waals surface area (Å²) in [7, 11) is 0. The van der Waals surface area contributed by atoms with Gasteiger partial charge in [-0.15, -0.1) is 0 Å². The Morgan fingerprint density at radius 3 is 1.76 bits per heavy atom. The SMILES string of the molecule is CCOC(=O)C(=O)Cc1ccc(Cl)c(F)c1.N[C@H]1c2ccccc2C[C@@H]1CCO.O=C(Cc1ccc(Cl)c(F)c1)C(=O)N[C@H]1c2ccccc2C[C@@H]1CCO. The first-order chi connectivity index (χ1) is 26.4. The average molecular weight is 798 g/mol. The van der Waals surface area contributed by atoms with E-state index in [2.05, 4.69) is 22.2 Å². The standard InChI is InChI=1S/C20H19ClFNO3.C11H10ClFO3.C11H15NO/c21-16-6-5-12(9-17(16)22)10-18(25)20(26)23-19-14(7-8-24)11-13-3-1-2-4-15(13)19;1-2-16-11(15)10(14)6-7-3-4-8(12)9(13)5-7;12-11-9(5-6-13)7-8-3-1-2-4-10(8)11/h1-6,9,14,19,24H,7-8,10-11H2,(H,23,26);3-5H,2,6H2,1H3;1-4,9,11,13H,5-7,12H2/t14-,19+;;9-,11+/m0.0/s1. The van der Waals surface area contributed by atoms with E-state index in [0.717, 1.165) is 42.5 Å². The molecule has 0 bridgehead atoms. The number of ether oxygens (including phenoxy) is 1. The van der Waals surface area contributed by atoms with Crippen molar-refractivity contribution in [3.63, 3.8) is 0 Å². The normalized spacial score (nSPS) is 17.7. The van der Waals surface area contributed by atoms with Gasteiger partial charge in [0.25, 0.3) is 5.91 Å². The van der Waals surface area contributed by atoms with E-state index < -0.39 is 35.1 Å². The van der Waals surface area contributed by atoms with Crippen LogP contribution in [0.5, 0.6) is 0 Å². The number of nitrogens with one attached hydrogen (secondary N) is 1. The molecule has 4 atom stereocenters. The fourth-order valence-electron chi connectivity index (χ4n) is 6.72. The number of nitrogens with two attached hydrogens (primary N) is 1. The van der Waals surface area contributed by atoms with Gasteiger partial charge in [0.1, 0.15) is 11.6 Å². The molecular weight excluding hydrogens is 753 g/mol. The van der Waals surface area contributed by atoms with Crippen molar-refractivity contribution in [2.24, 2.45) is 17.6 Å². The third kappa shape index (κ3) is 12.0. The van der Waals surface area contributed by atoms with Gasteiger partial charge in [-0.1, -0.05) is 83.9 Å². The van der Waals surface area contributed by atoms with E-state index in [0.29, 0.717) is 23.5 Å². The molecule has 9 nitrogen and oxygen atoms in total. The number of amides is 1. The summed E-state index contributed by atoms with van der Waals surface area (Å²) in [5.74, 6) is -3.71. The Kier molecular flexibility index (Phi) is 16.5. The highest BCUT2D eigenvalue weighted by Gasteiger charge is 2.34. The number of halogens is 4. The van der Waals surface area contributed by atoms with E-state index in [1.165, 1.54) is 35.4 Å². The number of esters is 1. The minimum absolute atomic E-state index is 0.0169. The number of Topliss-reactive ketones (excluding diaryl/α,β-unsaturated/α-hetero) is 2. The van der Waals surface area contributed by atoms with Crippen molar-refractivity contribution in [1.29, 1.82) is 0 Å². The Morgan fingerprint density at radius 2 is 1.24 bits per heavy atom. The molecule has 0 unspecified atom stereocenters. The molecule has 0 fully saturated rings. The highest BCUT2D eigenvalue weighted by Crippen LogP contribution is 2.38. The molecule has 292 valence electrons. The lowest BCUT2D eigenvalue weighted by atomic mass is 9.97. The molecule has 0 radical (unpaired) electrons. The minimum atomic E-state index is -0.905. The number of ketones is 2. The van der Waals surface area contributed by atoms with Crippen molar-refractivity contribution in [1.82, 2.24) is 5.32 Å². The van der Waals surface area contributed by atoms with Gasteiger partial charge in [0.2, 0.25) is 11.6 Å². The molecule has 2 aliphatic carbocycles. The zero-order valence-corrected chi connectivity index (χ0v) is 31.8. The van der Waals surface area contributed by atoms with Crippen molar-refractivity contribution in [2.45, 2.75) is 57.5 Å². The third-order valence-electron chi connectivity index (χ3n) is 9.49. The summed E-state index contributed by atoms with van der Waals surface area (Å²) >= 11 is 11.1. The third-order valence-corrected chi connectivity index (χ3v) is 10.1. The number of aliphatic hydroxyl groups is 2.